The van der Waals surface area contributed by atoms with Crippen molar-refractivity contribution in [2.75, 3.05) is 12.9 Å². The molecule has 0 radical (unpaired) electrons. The minimum Gasteiger partial charge on any atom is -0.463 e. The molecule has 0 aromatic heterocycles. The zero-order valence-electron chi connectivity index (χ0n) is 23.4. The molecule has 5 rings (SSSR count). The summed E-state index contributed by atoms with van der Waals surface area (Å²) in [5.41, 5.74) is 5.06. The first kappa shape index (κ1) is 28.6. The van der Waals surface area contributed by atoms with E-state index in [0.29, 0.717) is 18.6 Å². The predicted molar refractivity (Wildman–Crippen MR) is 177 cm³/mol. The van der Waals surface area contributed by atoms with Crippen LogP contribution in [0.5, 0.6) is 0 Å². The summed E-state index contributed by atoms with van der Waals surface area (Å²) in [6.07, 6.45) is 4.52. The highest BCUT2D eigenvalue weighted by molar-refractivity contribution is 7.98. The molecule has 41 heavy (non-hydrogen) atoms. The van der Waals surface area contributed by atoms with Crippen molar-refractivity contribution >= 4 is 47.6 Å². The maximum Gasteiger partial charge on any atom is 0.334 e. The van der Waals surface area contributed by atoms with Crippen LogP contribution in [0.25, 0.3) is 17.2 Å². The summed E-state index contributed by atoms with van der Waals surface area (Å²) in [6, 6.07) is 46.9. The molecule has 2 nitrogen and oxygen atoms in total. The Kier molecular flexibility index (Phi) is 9.86. The highest BCUT2D eigenvalue weighted by Gasteiger charge is 2.22. The van der Waals surface area contributed by atoms with Gasteiger partial charge in [-0.3, -0.25) is 0 Å². The summed E-state index contributed by atoms with van der Waals surface area (Å²) in [7, 11) is -0.804. The highest BCUT2D eigenvalue weighted by atomic mass is 32.2. The Morgan fingerprint density at radius 1 is 0.732 bits per heavy atom. The van der Waals surface area contributed by atoms with E-state index in [1.54, 1.807) is 11.8 Å². The molecular weight excluding hydrogens is 539 g/mol. The van der Waals surface area contributed by atoms with Crippen molar-refractivity contribution in [3.8, 4) is 11.1 Å². The van der Waals surface area contributed by atoms with Crippen LogP contribution >= 0.6 is 19.7 Å². The molecule has 0 spiro atoms. The van der Waals surface area contributed by atoms with Crippen molar-refractivity contribution < 1.29 is 9.53 Å². The zero-order valence-corrected chi connectivity index (χ0v) is 25.1. The first-order valence-corrected chi connectivity index (χ1v) is 16.3. The minimum absolute atomic E-state index is 0.277. The summed E-state index contributed by atoms with van der Waals surface area (Å²) in [5.74, 6) is -0.277. The SMILES string of the molecule is CCOC(=O)/C(=C/c1ccccc1)Cc1cc(SC)ccc1-c1ccccc1P(c1ccccc1)c1ccccc1. The molecule has 4 heteroatoms. The molecule has 0 saturated heterocycles. The van der Waals surface area contributed by atoms with E-state index in [1.165, 1.54) is 21.5 Å². The van der Waals surface area contributed by atoms with Gasteiger partial charge in [-0.15, -0.1) is 11.8 Å². The van der Waals surface area contributed by atoms with Gasteiger partial charge in [0.25, 0.3) is 0 Å². The quantitative estimate of drug-likeness (QED) is 0.0734. The fraction of sp³-hybridized carbons (Fsp3) is 0.108. The average molecular weight is 573 g/mol. The predicted octanol–water partition coefficient (Wildman–Crippen LogP) is 8.02. The molecule has 0 aliphatic rings. The zero-order chi connectivity index (χ0) is 28.4. The van der Waals surface area contributed by atoms with Gasteiger partial charge >= 0.3 is 5.97 Å². The number of carbonyl (C=O) groups is 1. The molecule has 5 aromatic carbocycles. The number of hydrogen-bond donors (Lipinski definition) is 0. The molecule has 0 fully saturated rings. The number of benzene rings is 5. The molecule has 5 aromatic rings. The second kappa shape index (κ2) is 14.1. The summed E-state index contributed by atoms with van der Waals surface area (Å²) in [5, 5.41) is 3.90. The normalized spacial score (nSPS) is 11.4. The molecule has 0 atom stereocenters. The second-order valence-corrected chi connectivity index (χ2v) is 12.6. The van der Waals surface area contributed by atoms with E-state index in [9.17, 15) is 4.79 Å². The van der Waals surface area contributed by atoms with Crippen molar-refractivity contribution in [3.05, 3.63) is 150 Å². The Labute approximate surface area is 248 Å². The van der Waals surface area contributed by atoms with Crippen LogP contribution in [0.15, 0.2) is 144 Å². The second-order valence-electron chi connectivity index (χ2n) is 9.52. The molecule has 0 saturated carbocycles. The van der Waals surface area contributed by atoms with Gasteiger partial charge in [0.05, 0.1) is 6.61 Å². The molecule has 0 amide bonds. The van der Waals surface area contributed by atoms with E-state index < -0.39 is 7.92 Å². The summed E-state index contributed by atoms with van der Waals surface area (Å²) >= 11 is 1.71. The van der Waals surface area contributed by atoms with Crippen LogP contribution in [0.1, 0.15) is 18.1 Å². The lowest BCUT2D eigenvalue weighted by Crippen LogP contribution is -2.22. The monoisotopic (exact) mass is 572 g/mol. The van der Waals surface area contributed by atoms with Gasteiger partial charge in [0.15, 0.2) is 0 Å². The summed E-state index contributed by atoms with van der Waals surface area (Å²) in [4.78, 5) is 14.4. The van der Waals surface area contributed by atoms with Crippen molar-refractivity contribution in [3.63, 3.8) is 0 Å². The topological polar surface area (TPSA) is 26.3 Å². The van der Waals surface area contributed by atoms with E-state index in [0.717, 1.165) is 21.6 Å². The van der Waals surface area contributed by atoms with Crippen LogP contribution in [0, 0.1) is 0 Å². The molecule has 0 aliphatic heterocycles. The van der Waals surface area contributed by atoms with Crippen molar-refractivity contribution in [2.45, 2.75) is 18.2 Å². The number of esters is 1. The third-order valence-corrected chi connectivity index (χ3v) is 10.1. The van der Waals surface area contributed by atoms with E-state index in [-0.39, 0.29) is 5.97 Å². The number of carbonyl (C=O) groups excluding carboxylic acids is 1. The average Bonchev–Trinajstić information content (AvgIpc) is 3.03. The maximum atomic E-state index is 13.2. The van der Waals surface area contributed by atoms with Gasteiger partial charge in [-0.2, -0.15) is 0 Å². The summed E-state index contributed by atoms with van der Waals surface area (Å²) < 4.78 is 5.52. The van der Waals surface area contributed by atoms with Gasteiger partial charge in [0, 0.05) is 16.9 Å². The van der Waals surface area contributed by atoms with Crippen molar-refractivity contribution in [1.82, 2.24) is 0 Å². The van der Waals surface area contributed by atoms with Crippen LogP contribution in [0.3, 0.4) is 0 Å². The summed E-state index contributed by atoms with van der Waals surface area (Å²) in [6.45, 7) is 2.19. The first-order chi connectivity index (χ1) is 20.2. The largest absolute Gasteiger partial charge is 0.463 e. The number of ether oxygens (including phenoxy) is 1. The van der Waals surface area contributed by atoms with Crippen LogP contribution in [-0.2, 0) is 16.0 Å². The Hall–Kier alpha value is -3.91. The molecule has 0 unspecified atom stereocenters. The van der Waals surface area contributed by atoms with Crippen LogP contribution in [0.2, 0.25) is 0 Å². The van der Waals surface area contributed by atoms with Crippen molar-refractivity contribution in [1.29, 1.82) is 0 Å². The molecule has 0 heterocycles. The van der Waals surface area contributed by atoms with Crippen LogP contribution in [0.4, 0.5) is 0 Å². The Bertz CT molecular complexity index is 1580. The lowest BCUT2D eigenvalue weighted by atomic mass is 9.94. The first-order valence-electron chi connectivity index (χ1n) is 13.8. The Morgan fingerprint density at radius 3 is 1.93 bits per heavy atom. The van der Waals surface area contributed by atoms with Gasteiger partial charge < -0.3 is 4.74 Å². The van der Waals surface area contributed by atoms with Gasteiger partial charge in [0.1, 0.15) is 0 Å². The molecule has 0 bridgehead atoms. The number of hydrogen-bond acceptors (Lipinski definition) is 3. The molecular formula is C37H33O2PS. The Balaban J connectivity index is 1.67. The third-order valence-electron chi connectivity index (χ3n) is 6.84. The van der Waals surface area contributed by atoms with Crippen LogP contribution < -0.4 is 15.9 Å². The molecule has 204 valence electrons. The number of rotatable bonds is 10. The fourth-order valence-corrected chi connectivity index (χ4v) is 7.88. The number of thioether (sulfide) groups is 1. The van der Waals surface area contributed by atoms with E-state index >= 15 is 0 Å². The third kappa shape index (κ3) is 7.06. The van der Waals surface area contributed by atoms with Crippen molar-refractivity contribution in [2.24, 2.45) is 0 Å². The van der Waals surface area contributed by atoms with E-state index in [4.69, 9.17) is 4.74 Å². The maximum absolute atomic E-state index is 13.2. The Morgan fingerprint density at radius 2 is 1.32 bits per heavy atom. The van der Waals surface area contributed by atoms with Gasteiger partial charge in [0.2, 0.25) is 0 Å². The minimum atomic E-state index is -0.804. The highest BCUT2D eigenvalue weighted by Crippen LogP contribution is 2.39. The lowest BCUT2D eigenvalue weighted by Gasteiger charge is -2.24. The van der Waals surface area contributed by atoms with E-state index in [1.807, 2.05) is 43.3 Å². The lowest BCUT2D eigenvalue weighted by molar-refractivity contribution is -0.138. The van der Waals surface area contributed by atoms with Gasteiger partial charge in [-0.25, -0.2) is 4.79 Å². The van der Waals surface area contributed by atoms with Crippen LogP contribution in [-0.4, -0.2) is 18.8 Å². The molecule has 0 N–H and O–H groups in total. The standard InChI is InChI=1S/C37H33O2PS/c1-3-39-37(38)30(25-28-15-7-4-8-16-28)26-29-27-33(41-2)23-24-34(29)35-21-13-14-22-36(35)40(31-17-9-5-10-18-31)32-19-11-6-12-20-32/h4-25,27H,3,26H2,1-2H3/b30-25+. The molecule has 0 aliphatic carbocycles. The van der Waals surface area contributed by atoms with E-state index in [2.05, 4.69) is 109 Å². The smallest absolute Gasteiger partial charge is 0.334 e. The van der Waals surface area contributed by atoms with Gasteiger partial charge in [-0.05, 0) is 77.5 Å². The van der Waals surface area contributed by atoms with Gasteiger partial charge in [-0.1, -0.05) is 121 Å². The fourth-order valence-electron chi connectivity index (χ4n) is 4.95.